The van der Waals surface area contributed by atoms with Crippen LogP contribution in [0.5, 0.6) is 0 Å². The average Bonchev–Trinajstić information content (AvgIpc) is 3.20. The van der Waals surface area contributed by atoms with Crippen LogP contribution in [-0.4, -0.2) is 78.7 Å². The number of fused-ring (bicyclic) bond motifs is 2. The first-order valence-corrected chi connectivity index (χ1v) is 11.4. The molecule has 174 valence electrons. The van der Waals surface area contributed by atoms with Crippen molar-refractivity contribution in [1.82, 2.24) is 29.2 Å². The monoisotopic (exact) mass is 451 g/mol. The van der Waals surface area contributed by atoms with E-state index in [1.54, 1.807) is 6.20 Å². The summed E-state index contributed by atoms with van der Waals surface area (Å²) in [5, 5.41) is 19.5. The second kappa shape index (κ2) is 8.95. The maximum atomic E-state index is 11.3. The zero-order valence-corrected chi connectivity index (χ0v) is 18.8. The number of anilines is 1. The number of imidazole rings is 1. The molecule has 1 amide bonds. The number of aryl methyl sites for hydroxylation is 1. The largest absolute Gasteiger partial charge is 0.465 e. The Morgan fingerprint density at radius 3 is 2.76 bits per heavy atom. The number of aromatic nitrogens is 4. The predicted molar refractivity (Wildman–Crippen MR) is 122 cm³/mol. The molecule has 0 aromatic carbocycles. The maximum Gasteiger partial charge on any atom is 0.407 e. The first-order chi connectivity index (χ1) is 16.1. The van der Waals surface area contributed by atoms with Gasteiger partial charge in [-0.2, -0.15) is 0 Å². The molecule has 1 atom stereocenters. The summed E-state index contributed by atoms with van der Waals surface area (Å²) in [7, 11) is 2.09. The molecule has 4 heterocycles. The van der Waals surface area contributed by atoms with Gasteiger partial charge in [0.2, 0.25) is 5.95 Å². The molecule has 0 spiro atoms. The number of rotatable bonds is 5. The van der Waals surface area contributed by atoms with Gasteiger partial charge in [0.05, 0.1) is 29.7 Å². The number of piperazine rings is 1. The fraction of sp³-hybridized carbons (Fsp3) is 0.478. The van der Waals surface area contributed by atoms with Crippen molar-refractivity contribution in [2.75, 3.05) is 38.1 Å². The van der Waals surface area contributed by atoms with Gasteiger partial charge in [-0.3, -0.25) is 14.3 Å². The van der Waals surface area contributed by atoms with Crippen molar-refractivity contribution in [3.05, 3.63) is 53.2 Å². The van der Waals surface area contributed by atoms with Crippen LogP contribution in [-0.2, 0) is 19.6 Å². The van der Waals surface area contributed by atoms with Crippen molar-refractivity contribution in [2.24, 2.45) is 0 Å². The molecule has 1 saturated heterocycles. The number of hydrogen-bond donors (Lipinski definition) is 2. The summed E-state index contributed by atoms with van der Waals surface area (Å²) < 4.78 is 1.91. The van der Waals surface area contributed by atoms with Gasteiger partial charge in [-0.15, -0.1) is 0 Å². The summed E-state index contributed by atoms with van der Waals surface area (Å²) >= 11 is 0. The van der Waals surface area contributed by atoms with Crippen molar-refractivity contribution in [3.8, 4) is 0 Å². The van der Waals surface area contributed by atoms with Crippen LogP contribution in [0.1, 0.15) is 41.5 Å². The fourth-order valence-corrected chi connectivity index (χ4v) is 5.05. The average molecular weight is 452 g/mol. The third-order valence-corrected chi connectivity index (χ3v) is 6.77. The van der Waals surface area contributed by atoms with Gasteiger partial charge in [0.25, 0.3) is 0 Å². The molecule has 2 aliphatic rings. The maximum absolute atomic E-state index is 11.3. The highest BCUT2D eigenvalue weighted by molar-refractivity contribution is 5.65. The molecule has 0 saturated carbocycles. The van der Waals surface area contributed by atoms with Gasteiger partial charge in [0.1, 0.15) is 5.65 Å². The smallest absolute Gasteiger partial charge is 0.407 e. The molecular weight excluding hydrogens is 422 g/mol. The molecule has 0 bridgehead atoms. The fourth-order valence-electron chi connectivity index (χ4n) is 5.05. The van der Waals surface area contributed by atoms with Gasteiger partial charge >= 0.3 is 6.09 Å². The number of carbonyl (C=O) groups is 1. The summed E-state index contributed by atoms with van der Waals surface area (Å²) in [5.74, 6) is 0.688. The van der Waals surface area contributed by atoms with Crippen molar-refractivity contribution < 1.29 is 15.0 Å². The Labute approximate surface area is 192 Å². The van der Waals surface area contributed by atoms with E-state index in [0.29, 0.717) is 38.7 Å². The van der Waals surface area contributed by atoms with Gasteiger partial charge in [0.15, 0.2) is 0 Å². The minimum absolute atomic E-state index is 0.155. The van der Waals surface area contributed by atoms with Crippen LogP contribution in [0.25, 0.3) is 5.65 Å². The molecule has 33 heavy (non-hydrogen) atoms. The molecule has 3 aromatic rings. The summed E-state index contributed by atoms with van der Waals surface area (Å²) in [6.07, 6.45) is 5.91. The third-order valence-electron chi connectivity index (χ3n) is 6.77. The number of amides is 1. The van der Waals surface area contributed by atoms with Gasteiger partial charge < -0.3 is 20.0 Å². The molecular formula is C23H29N7O3. The quantitative estimate of drug-likeness (QED) is 0.606. The standard InChI is InChI=1S/C23H29N7O3/c1-27(18-6-2-4-16-5-3-8-24-21(16)18)14-17-19(15-31)30-20(26-17)7-9-25-22(30)28-10-12-29(13-11-28)23(32)33/h3,5,7-9,18,31H,2,4,6,10-15H2,1H3,(H,32,33)/t18-/m0/s1. The molecule has 0 radical (unpaired) electrons. The summed E-state index contributed by atoms with van der Waals surface area (Å²) in [6.45, 7) is 2.35. The minimum Gasteiger partial charge on any atom is -0.465 e. The topological polar surface area (TPSA) is 110 Å². The molecule has 0 unspecified atom stereocenters. The summed E-state index contributed by atoms with van der Waals surface area (Å²) in [5.41, 5.74) is 4.72. The van der Waals surface area contributed by atoms with Gasteiger partial charge in [-0.25, -0.2) is 14.8 Å². The first-order valence-electron chi connectivity index (χ1n) is 11.4. The second-order valence-corrected chi connectivity index (χ2v) is 8.73. The predicted octanol–water partition coefficient (Wildman–Crippen LogP) is 1.93. The first kappa shape index (κ1) is 21.6. The molecule has 1 aliphatic heterocycles. The van der Waals surface area contributed by atoms with Crippen LogP contribution in [0.2, 0.25) is 0 Å². The number of aliphatic hydroxyl groups is 1. The lowest BCUT2D eigenvalue weighted by molar-refractivity contribution is 0.142. The second-order valence-electron chi connectivity index (χ2n) is 8.73. The van der Waals surface area contributed by atoms with Crippen LogP contribution in [0.3, 0.4) is 0 Å². The Kier molecular flexibility index (Phi) is 5.86. The Morgan fingerprint density at radius 2 is 2.00 bits per heavy atom. The molecule has 3 aromatic heterocycles. The Balaban J connectivity index is 1.43. The lowest BCUT2D eigenvalue weighted by Crippen LogP contribution is -2.49. The van der Waals surface area contributed by atoms with E-state index in [0.717, 1.165) is 42.0 Å². The number of hydrogen-bond acceptors (Lipinski definition) is 7. The minimum atomic E-state index is -0.899. The highest BCUT2D eigenvalue weighted by Crippen LogP contribution is 2.33. The highest BCUT2D eigenvalue weighted by Gasteiger charge is 2.28. The number of pyridine rings is 1. The molecule has 10 nitrogen and oxygen atoms in total. The SMILES string of the molecule is CN(Cc1nc2ccnc(N3CCN(C(=O)O)CC3)n2c1CO)[C@H]1CCCc2cccnc21. The van der Waals surface area contributed by atoms with Gasteiger partial charge in [-0.05, 0) is 44.0 Å². The number of carboxylic acid groups (broad SMARTS) is 1. The number of nitrogens with zero attached hydrogens (tertiary/aromatic N) is 7. The van der Waals surface area contributed by atoms with Gasteiger partial charge in [-0.1, -0.05) is 6.07 Å². The van der Waals surface area contributed by atoms with E-state index in [4.69, 9.17) is 4.98 Å². The summed E-state index contributed by atoms with van der Waals surface area (Å²) in [6, 6.07) is 6.22. The molecule has 1 fully saturated rings. The van der Waals surface area contributed by atoms with E-state index < -0.39 is 6.09 Å². The lowest BCUT2D eigenvalue weighted by Gasteiger charge is -2.34. The summed E-state index contributed by atoms with van der Waals surface area (Å²) in [4.78, 5) is 31.1. The Hall–Kier alpha value is -3.24. The molecule has 1 aliphatic carbocycles. The van der Waals surface area contributed by atoms with Crippen molar-refractivity contribution >= 4 is 17.7 Å². The highest BCUT2D eigenvalue weighted by atomic mass is 16.4. The van der Waals surface area contributed by atoms with Crippen LogP contribution in [0, 0.1) is 0 Å². The zero-order chi connectivity index (χ0) is 22.9. The molecule has 2 N–H and O–H groups in total. The van der Waals surface area contributed by atoms with Crippen LogP contribution >= 0.6 is 0 Å². The van der Waals surface area contributed by atoms with Crippen LogP contribution in [0.4, 0.5) is 10.7 Å². The van der Waals surface area contributed by atoms with Crippen LogP contribution < -0.4 is 4.90 Å². The number of aliphatic hydroxyl groups excluding tert-OH is 1. The zero-order valence-electron chi connectivity index (χ0n) is 18.8. The van der Waals surface area contributed by atoms with E-state index >= 15 is 0 Å². The molecule has 5 rings (SSSR count). The van der Waals surface area contributed by atoms with E-state index in [1.165, 1.54) is 10.5 Å². The van der Waals surface area contributed by atoms with Crippen LogP contribution in [0.15, 0.2) is 30.6 Å². The normalized spacial score (nSPS) is 18.7. The van der Waals surface area contributed by atoms with E-state index in [9.17, 15) is 15.0 Å². The third kappa shape index (κ3) is 4.00. The van der Waals surface area contributed by atoms with Crippen molar-refractivity contribution in [3.63, 3.8) is 0 Å². The van der Waals surface area contributed by atoms with E-state index in [1.807, 2.05) is 22.7 Å². The Morgan fingerprint density at radius 1 is 1.18 bits per heavy atom. The lowest BCUT2D eigenvalue weighted by atomic mass is 9.91. The van der Waals surface area contributed by atoms with Gasteiger partial charge in [0, 0.05) is 45.1 Å². The Bertz CT molecular complexity index is 1160. The van der Waals surface area contributed by atoms with E-state index in [-0.39, 0.29) is 12.6 Å². The molecule has 10 heteroatoms. The van der Waals surface area contributed by atoms with E-state index in [2.05, 4.69) is 32.9 Å². The van der Waals surface area contributed by atoms with Crippen molar-refractivity contribution in [2.45, 2.75) is 38.5 Å². The van der Waals surface area contributed by atoms with Crippen molar-refractivity contribution in [1.29, 1.82) is 0 Å².